The van der Waals surface area contributed by atoms with E-state index in [1.54, 1.807) is 38.1 Å². The summed E-state index contributed by atoms with van der Waals surface area (Å²) in [6.07, 6.45) is -7.39. The molecule has 2 heterocycles. The van der Waals surface area contributed by atoms with E-state index in [4.69, 9.17) is 19.0 Å². The van der Waals surface area contributed by atoms with Crippen molar-refractivity contribution >= 4 is 28.1 Å². The lowest BCUT2D eigenvalue weighted by molar-refractivity contribution is -0.716. The zero-order valence-electron chi connectivity index (χ0n) is 28.5. The van der Waals surface area contributed by atoms with Gasteiger partial charge in [0.2, 0.25) is 11.2 Å². The molecule has 1 aromatic heterocycles. The van der Waals surface area contributed by atoms with Crippen molar-refractivity contribution in [2.45, 2.75) is 82.9 Å². The van der Waals surface area contributed by atoms with Gasteiger partial charge < -0.3 is 19.4 Å². The quantitative estimate of drug-likeness (QED) is 0.0747. The molecule has 1 amide bonds. The fourth-order valence-electron chi connectivity index (χ4n) is 4.90. The van der Waals surface area contributed by atoms with E-state index in [9.17, 15) is 41.2 Å². The van der Waals surface area contributed by atoms with Crippen molar-refractivity contribution in [3.63, 3.8) is 0 Å². The molecular formula is C32H37F3N6O10S. The molecule has 20 heteroatoms. The zero-order valence-corrected chi connectivity index (χ0v) is 29.3. The van der Waals surface area contributed by atoms with Gasteiger partial charge in [-0.25, -0.2) is 22.6 Å². The first kappa shape index (κ1) is 39.4. The van der Waals surface area contributed by atoms with E-state index in [1.165, 1.54) is 24.1 Å². The molecule has 1 saturated heterocycles. The maximum Gasteiger partial charge on any atom is 0.511 e. The summed E-state index contributed by atoms with van der Waals surface area (Å²) in [5.41, 5.74) is 0.471. The van der Waals surface area contributed by atoms with E-state index in [-0.39, 0.29) is 34.4 Å². The lowest BCUT2D eigenvalue weighted by atomic mass is 10.1. The maximum atomic E-state index is 13.5. The van der Waals surface area contributed by atoms with Crippen LogP contribution < -0.4 is 4.72 Å². The summed E-state index contributed by atoms with van der Waals surface area (Å²) in [6.45, 7) is 6.41. The van der Waals surface area contributed by atoms with E-state index in [1.807, 2.05) is 11.6 Å². The number of hydrogen-bond donors (Lipinski definition) is 1. The topological polar surface area (TPSA) is 194 Å². The lowest BCUT2D eigenvalue weighted by Crippen LogP contribution is -2.39. The first-order valence-electron chi connectivity index (χ1n) is 16.0. The third kappa shape index (κ3) is 10.8. The first-order chi connectivity index (χ1) is 24.4. The predicted molar refractivity (Wildman–Crippen MR) is 173 cm³/mol. The molecule has 0 spiro atoms. The van der Waals surface area contributed by atoms with Gasteiger partial charge in [0.1, 0.15) is 12.6 Å². The van der Waals surface area contributed by atoms with Crippen molar-refractivity contribution in [2.75, 3.05) is 13.2 Å². The van der Waals surface area contributed by atoms with Crippen molar-refractivity contribution in [3.8, 4) is 16.9 Å². The number of amides is 1. The fraction of sp³-hybridized carbons (Fsp3) is 0.438. The van der Waals surface area contributed by atoms with Gasteiger partial charge in [-0.15, -0.1) is 5.01 Å². The smallest absolute Gasteiger partial charge is 0.511 e. The van der Waals surface area contributed by atoms with Gasteiger partial charge >= 0.3 is 18.3 Å². The van der Waals surface area contributed by atoms with Crippen LogP contribution in [0.25, 0.3) is 16.9 Å². The minimum absolute atomic E-state index is 0.125. The molecule has 1 fully saturated rings. The molecule has 0 aliphatic carbocycles. The summed E-state index contributed by atoms with van der Waals surface area (Å²) < 4.78 is 84.0. The normalized spacial score (nSPS) is 15.7. The number of hydrogen-bond acceptors (Lipinski definition) is 12. The highest BCUT2D eigenvalue weighted by Crippen LogP contribution is 2.33. The number of nitrogens with one attached hydrogen (secondary N) is 1. The van der Waals surface area contributed by atoms with Crippen molar-refractivity contribution in [3.05, 3.63) is 71.1 Å². The molecule has 2 aromatic carbocycles. The van der Waals surface area contributed by atoms with Gasteiger partial charge in [-0.05, 0) is 63.9 Å². The molecule has 1 N–H and O–H groups in total. The Morgan fingerprint density at radius 3 is 2.37 bits per heavy atom. The molecule has 1 aliphatic heterocycles. The number of ether oxygens (including phenoxy) is 3. The van der Waals surface area contributed by atoms with Gasteiger partial charge in [0.15, 0.2) is 5.69 Å². The summed E-state index contributed by atoms with van der Waals surface area (Å²) in [5.74, 6) is -1.84. The highest BCUT2D eigenvalue weighted by atomic mass is 32.2. The van der Waals surface area contributed by atoms with Crippen LogP contribution in [0.1, 0.15) is 57.7 Å². The van der Waals surface area contributed by atoms with E-state index >= 15 is 0 Å². The van der Waals surface area contributed by atoms with Crippen molar-refractivity contribution in [1.29, 1.82) is 0 Å². The summed E-state index contributed by atoms with van der Waals surface area (Å²) in [5, 5.41) is 20.7. The molecule has 52 heavy (non-hydrogen) atoms. The van der Waals surface area contributed by atoms with Gasteiger partial charge in [0.05, 0.1) is 40.3 Å². The van der Waals surface area contributed by atoms with Crippen molar-refractivity contribution in [1.82, 2.24) is 19.5 Å². The SMILES string of the molecule is Cc1ccc(-c2cc(C(F)(F)F)nn2-c2ccc(S(=O)(=O)NC(=O)CCC(=O)OC[C@@H]3CCCN3/[N+]([O-])=N\OC(C)OC(=O)OC(C)C)cc2)cc1. The fourth-order valence-corrected chi connectivity index (χ4v) is 5.91. The number of aryl methyl sites for hydroxylation is 1. The Labute approximate surface area is 296 Å². The number of benzene rings is 2. The Hall–Kier alpha value is -5.40. The van der Waals surface area contributed by atoms with Gasteiger partial charge in [-0.3, -0.25) is 14.4 Å². The third-order valence-corrected chi connectivity index (χ3v) is 8.79. The Morgan fingerprint density at radius 1 is 1.06 bits per heavy atom. The molecule has 2 atom stereocenters. The number of rotatable bonds is 14. The number of sulfonamides is 1. The summed E-state index contributed by atoms with van der Waals surface area (Å²) >= 11 is 0. The Morgan fingerprint density at radius 2 is 1.73 bits per heavy atom. The number of aromatic nitrogens is 2. The lowest BCUT2D eigenvalue weighted by Gasteiger charge is -2.20. The van der Waals surface area contributed by atoms with Crippen LogP contribution in [0.5, 0.6) is 0 Å². The standard InChI is InChI=1S/C32H37F3N6O10S/c1-20(2)49-31(44)50-22(4)51-38-41(45)39-17-5-6-25(39)19-48-30(43)16-15-29(42)37-52(46,47)26-13-11-24(12-14-26)40-27(18-28(36-40)32(33,34)35)23-9-7-21(3)8-10-23/h7-14,18,20,22,25H,5-6,15-17,19H2,1-4H3,(H,37,42)/b41-38+/t22?,25-/m0/s1. The van der Waals surface area contributed by atoms with Crippen LogP contribution >= 0.6 is 0 Å². The number of carbonyl (C=O) groups excluding carboxylic acids is 3. The molecule has 0 bridgehead atoms. The van der Waals surface area contributed by atoms with Gasteiger partial charge in [0.25, 0.3) is 16.3 Å². The summed E-state index contributed by atoms with van der Waals surface area (Å²) in [6, 6.07) is 11.7. The van der Waals surface area contributed by atoms with E-state index in [2.05, 4.69) is 10.4 Å². The van der Waals surface area contributed by atoms with E-state index in [0.717, 1.165) is 28.4 Å². The second-order valence-electron chi connectivity index (χ2n) is 11.9. The van der Waals surface area contributed by atoms with Crippen LogP contribution in [0.4, 0.5) is 18.0 Å². The summed E-state index contributed by atoms with van der Waals surface area (Å²) in [7, 11) is -4.42. The Bertz CT molecular complexity index is 1870. The van der Waals surface area contributed by atoms with Crippen molar-refractivity contribution in [2.24, 2.45) is 5.28 Å². The van der Waals surface area contributed by atoms with Crippen LogP contribution in [-0.2, 0) is 44.8 Å². The molecule has 3 aromatic rings. The molecule has 1 unspecified atom stereocenters. The Balaban J connectivity index is 1.29. The van der Waals surface area contributed by atoms with E-state index < -0.39 is 71.2 Å². The molecule has 1 aliphatic rings. The highest BCUT2D eigenvalue weighted by molar-refractivity contribution is 7.90. The minimum Gasteiger partial charge on any atom is -0.569 e. The number of hydrazine groups is 1. The number of carbonyl (C=O) groups is 3. The summed E-state index contributed by atoms with van der Waals surface area (Å²) in [4.78, 5) is 41.0. The van der Waals surface area contributed by atoms with E-state index in [0.29, 0.717) is 18.4 Å². The maximum absolute atomic E-state index is 13.5. The molecule has 4 rings (SSSR count). The van der Waals surface area contributed by atoms with Crippen LogP contribution in [0.3, 0.4) is 0 Å². The molecule has 0 radical (unpaired) electrons. The van der Waals surface area contributed by atoms with Crippen LogP contribution in [-0.4, -0.2) is 77.8 Å². The van der Waals surface area contributed by atoms with Gasteiger partial charge in [-0.1, -0.05) is 29.8 Å². The van der Waals surface area contributed by atoms with Crippen LogP contribution in [0.2, 0.25) is 0 Å². The number of esters is 1. The monoisotopic (exact) mass is 754 g/mol. The largest absolute Gasteiger partial charge is 0.569 e. The van der Waals surface area contributed by atoms with Crippen molar-refractivity contribution < 1.29 is 60.0 Å². The number of halogens is 3. The third-order valence-electron chi connectivity index (χ3n) is 7.41. The minimum atomic E-state index is -4.73. The highest BCUT2D eigenvalue weighted by Gasteiger charge is 2.36. The Kier molecular flexibility index (Phi) is 12.7. The zero-order chi connectivity index (χ0) is 38.2. The van der Waals surface area contributed by atoms with Crippen LogP contribution in [0, 0.1) is 12.1 Å². The molecular weight excluding hydrogens is 717 g/mol. The second-order valence-corrected chi connectivity index (χ2v) is 13.6. The van der Waals surface area contributed by atoms with Gasteiger partial charge in [0, 0.05) is 18.9 Å². The number of alkyl halides is 3. The second kappa shape index (κ2) is 16.7. The molecule has 0 saturated carbocycles. The first-order valence-corrected chi connectivity index (χ1v) is 17.4. The average Bonchev–Trinajstić information content (AvgIpc) is 3.73. The molecule has 16 nitrogen and oxygen atoms in total. The molecule has 282 valence electrons. The van der Waals surface area contributed by atoms with Crippen LogP contribution in [0.15, 0.2) is 64.8 Å². The predicted octanol–water partition coefficient (Wildman–Crippen LogP) is 5.18. The van der Waals surface area contributed by atoms with Gasteiger partial charge in [-0.2, -0.15) is 18.3 Å². The number of nitrogens with zero attached hydrogens (tertiary/aromatic N) is 5. The average molecular weight is 755 g/mol.